The lowest BCUT2D eigenvalue weighted by Crippen LogP contribution is -2.29. The zero-order valence-corrected chi connectivity index (χ0v) is 14.3. The second kappa shape index (κ2) is 11.5. The maximum atomic E-state index is 11.3. The molecule has 0 heterocycles. The molecule has 1 N–H and O–H groups in total. The Morgan fingerprint density at radius 1 is 0.850 bits per heavy atom. The van der Waals surface area contributed by atoms with E-state index in [9.17, 15) is 13.0 Å². The van der Waals surface area contributed by atoms with Crippen LogP contribution in [0.15, 0.2) is 0 Å². The van der Waals surface area contributed by atoms with Crippen LogP contribution in [0.1, 0.15) is 72.1 Å². The van der Waals surface area contributed by atoms with Crippen LogP contribution < -0.4 is 0 Å². The second-order valence-electron chi connectivity index (χ2n) is 5.62. The minimum atomic E-state index is -3.88. The van der Waals surface area contributed by atoms with Crippen molar-refractivity contribution in [2.45, 2.75) is 77.4 Å². The van der Waals surface area contributed by atoms with Crippen LogP contribution in [0, 0.1) is 0 Å². The van der Waals surface area contributed by atoms with Crippen molar-refractivity contribution in [1.82, 2.24) is 4.90 Å². The van der Waals surface area contributed by atoms with Crippen molar-refractivity contribution in [3.63, 3.8) is 0 Å². The van der Waals surface area contributed by atoms with E-state index in [0.29, 0.717) is 12.8 Å². The van der Waals surface area contributed by atoms with Gasteiger partial charge in [0, 0.05) is 0 Å². The van der Waals surface area contributed by atoms with E-state index in [1.807, 2.05) is 6.92 Å². The molecule has 5 heteroatoms. The minimum Gasteiger partial charge on any atom is -0.303 e. The molecule has 0 saturated carbocycles. The molecule has 1 atom stereocenters. The Kier molecular flexibility index (Phi) is 11.4. The molecule has 0 aliphatic carbocycles. The van der Waals surface area contributed by atoms with Crippen LogP contribution in [-0.4, -0.2) is 42.8 Å². The van der Waals surface area contributed by atoms with Gasteiger partial charge in [0.05, 0.1) is 5.25 Å². The highest BCUT2D eigenvalue weighted by Crippen LogP contribution is 2.14. The average Bonchev–Trinajstić information content (AvgIpc) is 2.39. The highest BCUT2D eigenvalue weighted by Gasteiger charge is 2.21. The van der Waals surface area contributed by atoms with Gasteiger partial charge in [-0.25, -0.2) is 0 Å². The fourth-order valence-electron chi connectivity index (χ4n) is 2.41. The van der Waals surface area contributed by atoms with Crippen LogP contribution >= 0.6 is 0 Å². The van der Waals surface area contributed by atoms with Crippen molar-refractivity contribution < 1.29 is 13.0 Å². The summed E-state index contributed by atoms with van der Waals surface area (Å²) in [5, 5.41) is -0.577. The zero-order chi connectivity index (χ0) is 15.4. The Labute approximate surface area is 125 Å². The summed E-state index contributed by atoms with van der Waals surface area (Å²) in [6, 6.07) is 0. The third kappa shape index (κ3) is 9.72. The molecule has 122 valence electrons. The molecule has 20 heavy (non-hydrogen) atoms. The summed E-state index contributed by atoms with van der Waals surface area (Å²) in [4.78, 5) is 2.43. The molecular weight excluding hydrogens is 274 g/mol. The molecule has 0 fully saturated rings. The van der Waals surface area contributed by atoms with E-state index < -0.39 is 15.4 Å². The molecule has 0 spiro atoms. The van der Waals surface area contributed by atoms with Gasteiger partial charge in [0.2, 0.25) is 0 Å². The second-order valence-corrected chi connectivity index (χ2v) is 7.31. The largest absolute Gasteiger partial charge is 0.303 e. The third-order valence-electron chi connectivity index (χ3n) is 3.69. The lowest BCUT2D eigenvalue weighted by molar-refractivity contribution is 0.258. The molecule has 0 rings (SSSR count). The van der Waals surface area contributed by atoms with Gasteiger partial charge in [0.1, 0.15) is 0 Å². The summed E-state index contributed by atoms with van der Waals surface area (Å²) in [7, 11) is -3.88. The maximum Gasteiger partial charge on any atom is 0.267 e. The van der Waals surface area contributed by atoms with Crippen molar-refractivity contribution in [2.24, 2.45) is 0 Å². The van der Waals surface area contributed by atoms with E-state index >= 15 is 0 Å². The molecule has 0 aliphatic heterocycles. The zero-order valence-electron chi connectivity index (χ0n) is 13.5. The smallest absolute Gasteiger partial charge is 0.267 e. The maximum absolute atomic E-state index is 11.3. The summed E-state index contributed by atoms with van der Waals surface area (Å²) in [6.45, 7) is 9.46. The lowest BCUT2D eigenvalue weighted by Gasteiger charge is -2.22. The first-order valence-electron chi connectivity index (χ1n) is 8.14. The lowest BCUT2D eigenvalue weighted by atomic mass is 10.1. The van der Waals surface area contributed by atoms with Gasteiger partial charge in [0.25, 0.3) is 10.1 Å². The molecule has 0 aromatic rings. The Bertz CT molecular complexity index is 309. The Balaban J connectivity index is 4.17. The number of rotatable bonds is 13. The number of unbranched alkanes of at least 4 members (excludes halogenated alkanes) is 2. The summed E-state index contributed by atoms with van der Waals surface area (Å²) in [5.41, 5.74) is 0. The molecule has 1 unspecified atom stereocenters. The Morgan fingerprint density at radius 3 is 1.75 bits per heavy atom. The molecule has 0 aromatic heterocycles. The number of nitrogens with zero attached hydrogens (tertiary/aromatic N) is 1. The van der Waals surface area contributed by atoms with Crippen LogP contribution in [0.2, 0.25) is 0 Å². The van der Waals surface area contributed by atoms with Gasteiger partial charge in [-0.15, -0.1) is 0 Å². The monoisotopic (exact) mass is 307 g/mol. The first-order valence-corrected chi connectivity index (χ1v) is 9.64. The topological polar surface area (TPSA) is 57.6 Å². The van der Waals surface area contributed by atoms with Crippen molar-refractivity contribution >= 4 is 10.1 Å². The standard InChI is InChI=1S/C15H33NO3S/c1-4-7-12-16(13-8-5-2)14-9-11-15(10-6-3)20(17,18)19/h15H,4-14H2,1-3H3,(H,17,18,19). The fraction of sp³-hybridized carbons (Fsp3) is 1.00. The quantitative estimate of drug-likeness (QED) is 0.527. The van der Waals surface area contributed by atoms with Crippen LogP contribution in [-0.2, 0) is 10.1 Å². The molecule has 0 radical (unpaired) electrons. The molecule has 0 amide bonds. The first-order chi connectivity index (χ1) is 9.45. The number of hydrogen-bond donors (Lipinski definition) is 1. The average molecular weight is 307 g/mol. The number of hydrogen-bond acceptors (Lipinski definition) is 3. The van der Waals surface area contributed by atoms with Crippen LogP contribution in [0.5, 0.6) is 0 Å². The van der Waals surface area contributed by atoms with E-state index in [0.717, 1.165) is 32.5 Å². The molecule has 4 nitrogen and oxygen atoms in total. The van der Waals surface area contributed by atoms with E-state index in [2.05, 4.69) is 18.7 Å². The predicted molar refractivity (Wildman–Crippen MR) is 85.7 cm³/mol. The van der Waals surface area contributed by atoms with Gasteiger partial charge in [-0.3, -0.25) is 4.55 Å². The molecule has 0 aliphatic rings. The van der Waals surface area contributed by atoms with Crippen LogP contribution in [0.25, 0.3) is 0 Å². The minimum absolute atomic E-state index is 0.558. The SMILES string of the molecule is CCCCN(CCCC)CCCC(CCC)S(=O)(=O)O. The molecule has 0 bridgehead atoms. The van der Waals surface area contributed by atoms with Crippen LogP contribution in [0.3, 0.4) is 0 Å². The van der Waals surface area contributed by atoms with E-state index in [-0.39, 0.29) is 0 Å². The van der Waals surface area contributed by atoms with Crippen molar-refractivity contribution in [3.8, 4) is 0 Å². The summed E-state index contributed by atoms with van der Waals surface area (Å²) in [6.07, 6.45) is 7.53. The summed E-state index contributed by atoms with van der Waals surface area (Å²) >= 11 is 0. The van der Waals surface area contributed by atoms with Crippen LogP contribution in [0.4, 0.5) is 0 Å². The van der Waals surface area contributed by atoms with Crippen molar-refractivity contribution in [2.75, 3.05) is 19.6 Å². The van der Waals surface area contributed by atoms with Gasteiger partial charge in [-0.2, -0.15) is 8.42 Å². The van der Waals surface area contributed by atoms with Gasteiger partial charge < -0.3 is 4.90 Å². The first kappa shape index (κ1) is 19.9. The van der Waals surface area contributed by atoms with Gasteiger partial charge in [-0.1, -0.05) is 40.0 Å². The molecule has 0 saturated heterocycles. The third-order valence-corrected chi connectivity index (χ3v) is 5.00. The van der Waals surface area contributed by atoms with Gasteiger partial charge in [0.15, 0.2) is 0 Å². The summed E-state index contributed by atoms with van der Waals surface area (Å²) < 4.78 is 31.8. The normalized spacial score (nSPS) is 13.8. The Hall–Kier alpha value is -0.130. The van der Waals surface area contributed by atoms with E-state index in [1.165, 1.54) is 25.7 Å². The predicted octanol–water partition coefficient (Wildman–Crippen LogP) is 3.73. The highest BCUT2D eigenvalue weighted by molar-refractivity contribution is 7.86. The summed E-state index contributed by atoms with van der Waals surface area (Å²) in [5.74, 6) is 0. The fourth-order valence-corrected chi connectivity index (χ4v) is 3.40. The van der Waals surface area contributed by atoms with Crippen molar-refractivity contribution in [1.29, 1.82) is 0 Å². The van der Waals surface area contributed by atoms with E-state index in [4.69, 9.17) is 0 Å². The van der Waals surface area contributed by atoms with Gasteiger partial charge >= 0.3 is 0 Å². The molecular formula is C15H33NO3S. The highest BCUT2D eigenvalue weighted by atomic mass is 32.2. The van der Waals surface area contributed by atoms with Gasteiger partial charge in [-0.05, 0) is 51.7 Å². The molecule has 0 aromatic carbocycles. The van der Waals surface area contributed by atoms with Crippen molar-refractivity contribution in [3.05, 3.63) is 0 Å². The Morgan fingerprint density at radius 2 is 1.35 bits per heavy atom. The van der Waals surface area contributed by atoms with E-state index in [1.54, 1.807) is 0 Å².